The molecule has 1 aromatic carbocycles. The molecule has 0 unspecified atom stereocenters. The van der Waals surface area contributed by atoms with Crippen molar-refractivity contribution < 1.29 is 0 Å². The predicted molar refractivity (Wildman–Crippen MR) is 64.6 cm³/mol. The summed E-state index contributed by atoms with van der Waals surface area (Å²) >= 11 is 0. The van der Waals surface area contributed by atoms with Crippen molar-refractivity contribution in [3.63, 3.8) is 0 Å². The van der Waals surface area contributed by atoms with Crippen molar-refractivity contribution in [2.45, 2.75) is 19.8 Å². The SMILES string of the molecule is Cc1ccc2c(c1)N(CC1CC1)CCN2. The predicted octanol–water partition coefficient (Wildman–Crippen LogP) is 2.64. The molecule has 1 heterocycles. The summed E-state index contributed by atoms with van der Waals surface area (Å²) in [6.45, 7) is 5.68. The Balaban J connectivity index is 1.89. The maximum absolute atomic E-state index is 3.47. The fourth-order valence-electron chi connectivity index (χ4n) is 2.30. The van der Waals surface area contributed by atoms with Gasteiger partial charge in [0.2, 0.25) is 0 Å². The van der Waals surface area contributed by atoms with Crippen molar-refractivity contribution >= 4 is 11.4 Å². The second kappa shape index (κ2) is 3.44. The quantitative estimate of drug-likeness (QED) is 0.793. The van der Waals surface area contributed by atoms with Gasteiger partial charge in [0.25, 0.3) is 0 Å². The van der Waals surface area contributed by atoms with Gasteiger partial charge in [-0.3, -0.25) is 0 Å². The molecule has 1 N–H and O–H groups in total. The fourth-order valence-corrected chi connectivity index (χ4v) is 2.30. The van der Waals surface area contributed by atoms with Gasteiger partial charge in [-0.05, 0) is 43.4 Å². The Hall–Kier alpha value is -1.18. The van der Waals surface area contributed by atoms with E-state index in [1.807, 2.05) is 0 Å². The monoisotopic (exact) mass is 202 g/mol. The van der Waals surface area contributed by atoms with E-state index >= 15 is 0 Å². The summed E-state index contributed by atoms with van der Waals surface area (Å²) in [5.41, 5.74) is 4.08. The highest BCUT2D eigenvalue weighted by Gasteiger charge is 2.26. The fraction of sp³-hybridized carbons (Fsp3) is 0.538. The van der Waals surface area contributed by atoms with E-state index in [0.29, 0.717) is 0 Å². The van der Waals surface area contributed by atoms with Crippen LogP contribution >= 0.6 is 0 Å². The number of rotatable bonds is 2. The van der Waals surface area contributed by atoms with Crippen LogP contribution in [0.1, 0.15) is 18.4 Å². The summed E-state index contributed by atoms with van der Waals surface area (Å²) < 4.78 is 0. The van der Waals surface area contributed by atoms with Crippen LogP contribution in [0.15, 0.2) is 18.2 Å². The number of hydrogen-bond donors (Lipinski definition) is 1. The molecule has 3 rings (SSSR count). The summed E-state index contributed by atoms with van der Waals surface area (Å²) in [7, 11) is 0. The van der Waals surface area contributed by atoms with E-state index in [0.717, 1.165) is 19.0 Å². The van der Waals surface area contributed by atoms with Crippen molar-refractivity contribution in [2.75, 3.05) is 29.9 Å². The maximum atomic E-state index is 3.47. The number of benzene rings is 1. The third kappa shape index (κ3) is 1.81. The van der Waals surface area contributed by atoms with Gasteiger partial charge in [0, 0.05) is 19.6 Å². The largest absolute Gasteiger partial charge is 0.382 e. The Bertz CT molecular complexity index is 369. The second-order valence-electron chi connectivity index (χ2n) is 4.84. The van der Waals surface area contributed by atoms with Crippen molar-refractivity contribution in [2.24, 2.45) is 5.92 Å². The standard InChI is InChI=1S/C13H18N2/c1-10-2-5-12-13(8-10)15(7-6-14-12)9-11-3-4-11/h2,5,8,11,14H,3-4,6-7,9H2,1H3. The van der Waals surface area contributed by atoms with Gasteiger partial charge in [0.1, 0.15) is 0 Å². The molecule has 0 spiro atoms. The molecule has 2 heteroatoms. The molecular weight excluding hydrogens is 184 g/mol. The van der Waals surface area contributed by atoms with Gasteiger partial charge in [0.15, 0.2) is 0 Å². The van der Waals surface area contributed by atoms with Crippen LogP contribution in [0.4, 0.5) is 11.4 Å². The first-order chi connectivity index (χ1) is 7.33. The molecule has 15 heavy (non-hydrogen) atoms. The van der Waals surface area contributed by atoms with Crippen LogP contribution in [0.3, 0.4) is 0 Å². The van der Waals surface area contributed by atoms with Gasteiger partial charge in [0.05, 0.1) is 11.4 Å². The molecule has 0 atom stereocenters. The zero-order chi connectivity index (χ0) is 10.3. The zero-order valence-electron chi connectivity index (χ0n) is 9.29. The molecule has 2 nitrogen and oxygen atoms in total. The number of aryl methyl sites for hydroxylation is 1. The molecule has 1 aromatic rings. The molecule has 0 bridgehead atoms. The highest BCUT2D eigenvalue weighted by atomic mass is 15.2. The summed E-state index contributed by atoms with van der Waals surface area (Å²) in [4.78, 5) is 2.55. The first-order valence-corrected chi connectivity index (χ1v) is 5.92. The van der Waals surface area contributed by atoms with Gasteiger partial charge < -0.3 is 10.2 Å². The molecule has 1 aliphatic carbocycles. The van der Waals surface area contributed by atoms with Crippen LogP contribution in [-0.2, 0) is 0 Å². The summed E-state index contributed by atoms with van der Waals surface area (Å²) in [6.07, 6.45) is 2.87. The molecule has 0 aromatic heterocycles. The number of fused-ring (bicyclic) bond motifs is 1. The summed E-state index contributed by atoms with van der Waals surface area (Å²) in [6, 6.07) is 6.71. The van der Waals surface area contributed by atoms with Gasteiger partial charge in [-0.15, -0.1) is 0 Å². The molecule has 1 fully saturated rings. The van der Waals surface area contributed by atoms with Gasteiger partial charge in [-0.25, -0.2) is 0 Å². The molecule has 0 radical (unpaired) electrons. The minimum absolute atomic E-state index is 0.969. The normalized spacial score (nSPS) is 19.7. The summed E-state index contributed by atoms with van der Waals surface area (Å²) in [5.74, 6) is 0.969. The number of hydrogen-bond acceptors (Lipinski definition) is 2. The van der Waals surface area contributed by atoms with Crippen LogP contribution in [0.5, 0.6) is 0 Å². The van der Waals surface area contributed by atoms with Crippen LogP contribution in [-0.4, -0.2) is 19.6 Å². The Kier molecular flexibility index (Phi) is 2.08. The highest BCUT2D eigenvalue weighted by molar-refractivity contribution is 5.72. The van der Waals surface area contributed by atoms with Crippen molar-refractivity contribution in [3.05, 3.63) is 23.8 Å². The molecule has 1 saturated carbocycles. The lowest BCUT2D eigenvalue weighted by Crippen LogP contribution is -2.35. The molecule has 2 aliphatic rings. The minimum atomic E-state index is 0.969. The second-order valence-corrected chi connectivity index (χ2v) is 4.84. The first kappa shape index (κ1) is 9.08. The van der Waals surface area contributed by atoms with Crippen LogP contribution in [0.2, 0.25) is 0 Å². The highest BCUT2D eigenvalue weighted by Crippen LogP contribution is 2.35. The molecule has 80 valence electrons. The first-order valence-electron chi connectivity index (χ1n) is 5.92. The zero-order valence-corrected chi connectivity index (χ0v) is 9.29. The molecule has 0 saturated heterocycles. The lowest BCUT2D eigenvalue weighted by atomic mass is 10.1. The van der Waals surface area contributed by atoms with Crippen molar-refractivity contribution in [1.82, 2.24) is 0 Å². The van der Waals surface area contributed by atoms with Crippen molar-refractivity contribution in [3.8, 4) is 0 Å². The number of nitrogens with zero attached hydrogens (tertiary/aromatic N) is 1. The molecular formula is C13H18N2. The third-order valence-electron chi connectivity index (χ3n) is 3.37. The van der Waals surface area contributed by atoms with Gasteiger partial charge in [-0.1, -0.05) is 6.07 Å². The number of nitrogens with one attached hydrogen (secondary N) is 1. The van der Waals surface area contributed by atoms with Gasteiger partial charge >= 0.3 is 0 Å². The van der Waals surface area contributed by atoms with Crippen LogP contribution < -0.4 is 10.2 Å². The molecule has 1 aliphatic heterocycles. The summed E-state index contributed by atoms with van der Waals surface area (Å²) in [5, 5.41) is 3.47. The van der Waals surface area contributed by atoms with Gasteiger partial charge in [-0.2, -0.15) is 0 Å². The average molecular weight is 202 g/mol. The van der Waals surface area contributed by atoms with Crippen LogP contribution in [0, 0.1) is 12.8 Å². The third-order valence-corrected chi connectivity index (χ3v) is 3.37. The average Bonchev–Trinajstić information content (AvgIpc) is 3.03. The Morgan fingerprint density at radius 3 is 3.07 bits per heavy atom. The van der Waals surface area contributed by atoms with E-state index in [-0.39, 0.29) is 0 Å². The van der Waals surface area contributed by atoms with Crippen molar-refractivity contribution in [1.29, 1.82) is 0 Å². The van der Waals surface area contributed by atoms with E-state index in [1.165, 1.54) is 36.3 Å². The molecule has 0 amide bonds. The Morgan fingerprint density at radius 1 is 1.40 bits per heavy atom. The van der Waals surface area contributed by atoms with E-state index in [4.69, 9.17) is 0 Å². The van der Waals surface area contributed by atoms with E-state index in [9.17, 15) is 0 Å². The lowest BCUT2D eigenvalue weighted by molar-refractivity contribution is 0.718. The minimum Gasteiger partial charge on any atom is -0.382 e. The topological polar surface area (TPSA) is 15.3 Å². The lowest BCUT2D eigenvalue weighted by Gasteiger charge is -2.32. The van der Waals surface area contributed by atoms with E-state index in [2.05, 4.69) is 35.3 Å². The smallest absolute Gasteiger partial charge is 0.0605 e. The maximum Gasteiger partial charge on any atom is 0.0605 e. The number of anilines is 2. The van der Waals surface area contributed by atoms with E-state index in [1.54, 1.807) is 0 Å². The van der Waals surface area contributed by atoms with Crippen LogP contribution in [0.25, 0.3) is 0 Å². The van der Waals surface area contributed by atoms with E-state index < -0.39 is 0 Å². The Morgan fingerprint density at radius 2 is 2.27 bits per heavy atom. The Labute approximate surface area is 91.3 Å².